The standard InChI is InChI=1S/C20H14F5NO3/c1-12-9-10-26(13-5-7-14(8-6-13)27-19(21,22)23)11-16(12)15-3-2-4-17-18(15)29-20(24,25)28-17/h2-9,11H,10H2,1H3. The van der Waals surface area contributed by atoms with Crippen LogP contribution in [-0.4, -0.2) is 19.2 Å². The molecule has 0 bridgehead atoms. The molecule has 4 nitrogen and oxygen atoms in total. The van der Waals surface area contributed by atoms with E-state index in [0.29, 0.717) is 23.4 Å². The summed E-state index contributed by atoms with van der Waals surface area (Å²) in [5.41, 5.74) is 2.50. The molecule has 152 valence electrons. The first kappa shape index (κ1) is 19.1. The number of halogens is 5. The lowest BCUT2D eigenvalue weighted by molar-refractivity contribution is -0.286. The highest BCUT2D eigenvalue weighted by atomic mass is 19.4. The third kappa shape index (κ3) is 3.98. The summed E-state index contributed by atoms with van der Waals surface area (Å²) in [6.45, 7) is 2.29. The Labute approximate surface area is 162 Å². The van der Waals surface area contributed by atoms with E-state index < -0.39 is 12.7 Å². The number of benzene rings is 2. The van der Waals surface area contributed by atoms with Crippen LogP contribution in [0.4, 0.5) is 27.6 Å². The molecule has 0 fully saturated rings. The molecule has 0 saturated heterocycles. The number of ether oxygens (including phenoxy) is 3. The van der Waals surface area contributed by atoms with Gasteiger partial charge in [-0.1, -0.05) is 18.2 Å². The fourth-order valence-corrected chi connectivity index (χ4v) is 3.14. The summed E-state index contributed by atoms with van der Waals surface area (Å²) in [5.74, 6) is -0.456. The van der Waals surface area contributed by atoms with Gasteiger partial charge >= 0.3 is 12.7 Å². The van der Waals surface area contributed by atoms with Crippen molar-refractivity contribution in [1.82, 2.24) is 0 Å². The van der Waals surface area contributed by atoms with Gasteiger partial charge in [0.15, 0.2) is 11.5 Å². The number of alkyl halides is 5. The molecule has 0 radical (unpaired) electrons. The highest BCUT2D eigenvalue weighted by Crippen LogP contribution is 2.47. The second-order valence-corrected chi connectivity index (χ2v) is 6.42. The second-order valence-electron chi connectivity index (χ2n) is 6.42. The average Bonchev–Trinajstić information content (AvgIpc) is 2.95. The minimum Gasteiger partial charge on any atom is -0.406 e. The van der Waals surface area contributed by atoms with Gasteiger partial charge in [-0.05, 0) is 42.8 Å². The number of nitrogens with zero attached hydrogens (tertiary/aromatic N) is 1. The molecule has 0 saturated carbocycles. The molecule has 0 atom stereocenters. The number of fused-ring (bicyclic) bond motifs is 1. The Morgan fingerprint density at radius 3 is 2.45 bits per heavy atom. The Hall–Kier alpha value is -3.23. The lowest BCUT2D eigenvalue weighted by atomic mass is 9.96. The molecule has 0 amide bonds. The minimum atomic E-state index is -4.77. The average molecular weight is 411 g/mol. The number of hydrogen-bond acceptors (Lipinski definition) is 4. The van der Waals surface area contributed by atoms with Gasteiger partial charge in [0.1, 0.15) is 5.75 Å². The molecular weight excluding hydrogens is 397 g/mol. The molecule has 2 aromatic carbocycles. The minimum absolute atomic E-state index is 0.0627. The predicted octanol–water partition coefficient (Wildman–Crippen LogP) is 5.71. The first-order chi connectivity index (χ1) is 13.6. The maximum atomic E-state index is 13.5. The van der Waals surface area contributed by atoms with Gasteiger partial charge in [-0.25, -0.2) is 0 Å². The van der Waals surface area contributed by atoms with Crippen molar-refractivity contribution in [3.8, 4) is 17.2 Å². The molecule has 0 aromatic heterocycles. The van der Waals surface area contributed by atoms with Crippen LogP contribution in [0.2, 0.25) is 0 Å². The SMILES string of the molecule is CC1=CCN(c2ccc(OC(F)(F)F)cc2)C=C1c1cccc2c1OC(F)(F)O2. The number of allylic oxidation sites excluding steroid dienone is 2. The van der Waals surface area contributed by atoms with Crippen LogP contribution in [0.3, 0.4) is 0 Å². The van der Waals surface area contributed by atoms with E-state index in [4.69, 9.17) is 0 Å². The largest absolute Gasteiger partial charge is 0.586 e. The third-order valence-corrected chi connectivity index (χ3v) is 4.42. The lowest BCUT2D eigenvalue weighted by Gasteiger charge is -2.26. The summed E-state index contributed by atoms with van der Waals surface area (Å²) in [5, 5.41) is 0. The molecule has 2 aliphatic rings. The van der Waals surface area contributed by atoms with Crippen molar-refractivity contribution in [2.75, 3.05) is 11.4 Å². The summed E-state index contributed by atoms with van der Waals surface area (Å²) < 4.78 is 77.0. The maximum absolute atomic E-state index is 13.5. The highest BCUT2D eigenvalue weighted by Gasteiger charge is 2.45. The van der Waals surface area contributed by atoms with Crippen LogP contribution in [0.25, 0.3) is 5.57 Å². The fraction of sp³-hybridized carbons (Fsp3) is 0.200. The van der Waals surface area contributed by atoms with E-state index in [1.165, 1.54) is 30.3 Å². The highest BCUT2D eigenvalue weighted by molar-refractivity contribution is 5.86. The number of rotatable bonds is 3. The van der Waals surface area contributed by atoms with Crippen LogP contribution in [-0.2, 0) is 0 Å². The van der Waals surface area contributed by atoms with E-state index in [1.807, 2.05) is 13.0 Å². The van der Waals surface area contributed by atoms with Crippen LogP contribution in [0.15, 0.2) is 60.3 Å². The monoisotopic (exact) mass is 411 g/mol. The first-order valence-electron chi connectivity index (χ1n) is 8.52. The Balaban J connectivity index is 1.65. The topological polar surface area (TPSA) is 30.9 Å². The zero-order chi connectivity index (χ0) is 20.8. The molecule has 0 spiro atoms. The van der Waals surface area contributed by atoms with Gasteiger partial charge in [0.2, 0.25) is 0 Å². The van der Waals surface area contributed by atoms with E-state index in [1.54, 1.807) is 23.2 Å². The lowest BCUT2D eigenvalue weighted by Crippen LogP contribution is -2.26. The molecular formula is C20H14F5NO3. The van der Waals surface area contributed by atoms with E-state index in [9.17, 15) is 22.0 Å². The van der Waals surface area contributed by atoms with Crippen molar-refractivity contribution in [3.05, 3.63) is 65.9 Å². The molecule has 2 aliphatic heterocycles. The summed E-state index contributed by atoms with van der Waals surface area (Å²) in [6, 6.07) is 9.98. The summed E-state index contributed by atoms with van der Waals surface area (Å²) in [6.07, 6.45) is -4.90. The number of hydrogen-bond donors (Lipinski definition) is 0. The van der Waals surface area contributed by atoms with E-state index in [0.717, 1.165) is 5.57 Å². The molecule has 2 aromatic rings. The quantitative estimate of drug-likeness (QED) is 0.605. The molecule has 0 aliphatic carbocycles. The molecule has 9 heteroatoms. The first-order valence-corrected chi connectivity index (χ1v) is 8.52. The van der Waals surface area contributed by atoms with Crippen molar-refractivity contribution in [2.24, 2.45) is 0 Å². The van der Waals surface area contributed by atoms with Gasteiger partial charge in [-0.15, -0.1) is 22.0 Å². The Morgan fingerprint density at radius 2 is 1.76 bits per heavy atom. The fourth-order valence-electron chi connectivity index (χ4n) is 3.14. The Morgan fingerprint density at radius 1 is 1.03 bits per heavy atom. The molecule has 2 heterocycles. The van der Waals surface area contributed by atoms with Crippen LogP contribution in [0, 0.1) is 0 Å². The van der Waals surface area contributed by atoms with Crippen molar-refractivity contribution < 1.29 is 36.2 Å². The van der Waals surface area contributed by atoms with Crippen molar-refractivity contribution >= 4 is 11.3 Å². The smallest absolute Gasteiger partial charge is 0.406 e. The summed E-state index contributed by atoms with van der Waals surface area (Å²) in [7, 11) is 0. The van der Waals surface area contributed by atoms with Gasteiger partial charge in [0, 0.05) is 29.6 Å². The van der Waals surface area contributed by atoms with Gasteiger partial charge in [0.25, 0.3) is 0 Å². The predicted molar refractivity (Wildman–Crippen MR) is 94.9 cm³/mol. The molecule has 29 heavy (non-hydrogen) atoms. The van der Waals surface area contributed by atoms with E-state index >= 15 is 0 Å². The molecule has 0 unspecified atom stereocenters. The molecule has 4 rings (SSSR count). The normalized spacial score (nSPS) is 17.7. The summed E-state index contributed by atoms with van der Waals surface area (Å²) >= 11 is 0. The van der Waals surface area contributed by atoms with Crippen LogP contribution >= 0.6 is 0 Å². The van der Waals surface area contributed by atoms with Crippen LogP contribution in [0.1, 0.15) is 12.5 Å². The zero-order valence-corrected chi connectivity index (χ0v) is 15.0. The van der Waals surface area contributed by atoms with E-state index in [2.05, 4.69) is 14.2 Å². The summed E-state index contributed by atoms with van der Waals surface area (Å²) in [4.78, 5) is 1.77. The third-order valence-electron chi connectivity index (χ3n) is 4.42. The van der Waals surface area contributed by atoms with Crippen LogP contribution < -0.4 is 19.1 Å². The Kier molecular flexibility index (Phi) is 4.40. The zero-order valence-electron chi connectivity index (χ0n) is 15.0. The van der Waals surface area contributed by atoms with Gasteiger partial charge in [0.05, 0.1) is 0 Å². The van der Waals surface area contributed by atoms with Crippen molar-refractivity contribution in [2.45, 2.75) is 19.6 Å². The van der Waals surface area contributed by atoms with Crippen molar-refractivity contribution in [1.29, 1.82) is 0 Å². The van der Waals surface area contributed by atoms with E-state index in [-0.39, 0.29) is 17.2 Å². The van der Waals surface area contributed by atoms with Crippen LogP contribution in [0.5, 0.6) is 17.2 Å². The maximum Gasteiger partial charge on any atom is 0.586 e. The number of anilines is 1. The Bertz CT molecular complexity index is 996. The van der Waals surface area contributed by atoms with Gasteiger partial charge in [-0.2, -0.15) is 0 Å². The molecule has 0 N–H and O–H groups in total. The van der Waals surface area contributed by atoms with Gasteiger partial charge < -0.3 is 19.1 Å². The van der Waals surface area contributed by atoms with Crippen molar-refractivity contribution in [3.63, 3.8) is 0 Å². The van der Waals surface area contributed by atoms with Gasteiger partial charge in [-0.3, -0.25) is 0 Å². The second kappa shape index (κ2) is 6.68. The number of para-hydroxylation sites is 1.